The van der Waals surface area contributed by atoms with Crippen LogP contribution in [0.25, 0.3) is 5.73 Å². The zero-order chi connectivity index (χ0) is 99.8. The van der Waals surface area contributed by atoms with E-state index < -0.39 is 5.91 Å². The molecule has 0 aromatic heterocycles. The van der Waals surface area contributed by atoms with E-state index in [9.17, 15) is 101 Å². The van der Waals surface area contributed by atoms with Crippen molar-refractivity contribution >= 4 is 123 Å². The van der Waals surface area contributed by atoms with Crippen molar-refractivity contribution in [3.63, 3.8) is 0 Å². The van der Waals surface area contributed by atoms with Crippen LogP contribution in [0.15, 0.2) is 0 Å². The molecule has 15 N–H and O–H groups in total. The van der Waals surface area contributed by atoms with Gasteiger partial charge in [0.15, 0.2) is 0 Å². The minimum absolute atomic E-state index is 0. The molecule has 0 bridgehead atoms. The maximum Gasteiger partial charge on any atom is 0.234 e. The van der Waals surface area contributed by atoms with Crippen molar-refractivity contribution in [2.75, 3.05) is 174 Å². The van der Waals surface area contributed by atoms with Gasteiger partial charge in [0, 0.05) is 213 Å². The van der Waals surface area contributed by atoms with Crippen LogP contribution in [0, 0.1) is 0 Å². The van der Waals surface area contributed by atoms with E-state index in [-0.39, 0.29) is 252 Å². The summed E-state index contributed by atoms with van der Waals surface area (Å²) in [6.45, 7) is 7.81. The number of unbranched alkanes of at least 4 members (excludes halogenated alkanes) is 18. The molecule has 0 saturated carbocycles. The molecule has 0 aliphatic rings. The van der Waals surface area contributed by atoms with Gasteiger partial charge >= 0.3 is 0 Å². The second-order valence-corrected chi connectivity index (χ2v) is 32.3. The van der Waals surface area contributed by atoms with E-state index in [1.54, 1.807) is 63.8 Å². The Labute approximate surface area is 820 Å². The molecule has 41 heteroatoms. The largest absolute Gasteiger partial charge is 0.668 e. The summed E-state index contributed by atoms with van der Waals surface area (Å²) in [4.78, 5) is 253. The summed E-state index contributed by atoms with van der Waals surface area (Å²) in [5, 5.41) is 37.2. The maximum atomic E-state index is 12.7. The zero-order valence-electron chi connectivity index (χ0n) is 82.2. The van der Waals surface area contributed by atoms with Crippen LogP contribution < -0.4 is 74.4 Å². The van der Waals surface area contributed by atoms with Crippen molar-refractivity contribution in [2.45, 2.75) is 305 Å². The molecule has 0 fully saturated rings. The maximum absolute atomic E-state index is 12.7. The Morgan fingerprint density at radius 3 is 0.556 bits per heavy atom. The number of rotatable bonds is 81. The van der Waals surface area contributed by atoms with Crippen LogP contribution in [-0.4, -0.2) is 317 Å². The van der Waals surface area contributed by atoms with E-state index >= 15 is 0 Å². The Hall–Kier alpha value is -9.40. The molecule has 40 nitrogen and oxygen atoms in total. The first-order valence-electron chi connectivity index (χ1n) is 47.6. The Morgan fingerprint density at radius 1 is 0.178 bits per heavy atom. The van der Waals surface area contributed by atoms with E-state index in [4.69, 9.17) is 5.73 Å². The minimum Gasteiger partial charge on any atom is -0.668 e. The second-order valence-electron chi connectivity index (χ2n) is 32.3. The van der Waals surface area contributed by atoms with Gasteiger partial charge in [-0.05, 0) is 109 Å². The summed E-state index contributed by atoms with van der Waals surface area (Å²) < 4.78 is 0. The molecule has 15 amide bonds. The van der Waals surface area contributed by atoms with E-state index in [0.29, 0.717) is 148 Å². The molecule has 0 spiro atoms. The third-order valence-corrected chi connectivity index (χ3v) is 20.5. The molecular formula is C94H176N19O21W-. The van der Waals surface area contributed by atoms with Gasteiger partial charge in [-0.3, -0.25) is 115 Å². The van der Waals surface area contributed by atoms with Gasteiger partial charge in [0.1, 0.15) is 34.7 Å². The van der Waals surface area contributed by atoms with Gasteiger partial charge in [0.05, 0.1) is 78.5 Å². The van der Waals surface area contributed by atoms with Crippen molar-refractivity contribution in [1.29, 1.82) is 0 Å². The van der Waals surface area contributed by atoms with Crippen LogP contribution >= 0.6 is 0 Å². The average molecular weight is 2090 g/mol. The summed E-state index contributed by atoms with van der Waals surface area (Å²) in [6, 6.07) is 0. The first-order valence-corrected chi connectivity index (χ1v) is 47.6. The summed E-state index contributed by atoms with van der Waals surface area (Å²) in [5.41, 5.74) is 6.87. The van der Waals surface area contributed by atoms with Crippen LogP contribution in [0.2, 0.25) is 0 Å². The molecular weight excluding hydrogens is 1910 g/mol. The molecule has 0 aliphatic heterocycles. The van der Waals surface area contributed by atoms with Crippen molar-refractivity contribution in [1.82, 2.24) is 94.0 Å². The SMILES string of the molecule is C.C.CCC(=O)CCCCCCCC(=O)CN(CC(=O)NCCCCCCC(=O)NC)CC(=O)NCCCCCCC(=O)NC.CCC(=O)CN(CC(=O)CC)CC(=O)NC.CNC(=O)CCCCCCC(=O)CN(CC(=O)NCCCCCC(=O)NC)CC(=O)NCCCCCC(=O)NC.CNC(=O)CCCNC(=O)CN(CC(=O)CCCCC([NH-])=O)CC(=O)NCCCC(=O)NC.[W]. The number of ketones is 6. The fourth-order valence-corrected chi connectivity index (χ4v) is 12.6. The molecule has 0 unspecified atom stereocenters. The number of amides is 15. The Balaban J connectivity index is -0.000000335. The van der Waals surface area contributed by atoms with Crippen LogP contribution in [-0.2, 0) is 122 Å². The van der Waals surface area contributed by atoms with Gasteiger partial charge in [-0.25, -0.2) is 0 Å². The number of Topliss-reactive ketones (excluding diaryl/α,β-unsaturated/α-hetero) is 6. The van der Waals surface area contributed by atoms with Crippen molar-refractivity contribution in [3.8, 4) is 0 Å². The number of hydrogen-bond donors (Lipinski definition) is 14. The molecule has 0 rings (SSSR count). The van der Waals surface area contributed by atoms with Crippen LogP contribution in [0.5, 0.6) is 0 Å². The third kappa shape index (κ3) is 97.5. The normalized spacial score (nSPS) is 10.3. The van der Waals surface area contributed by atoms with Crippen LogP contribution in [0.4, 0.5) is 0 Å². The van der Waals surface area contributed by atoms with Gasteiger partial charge in [0.2, 0.25) is 82.7 Å². The van der Waals surface area contributed by atoms with Crippen molar-refractivity contribution in [2.24, 2.45) is 0 Å². The van der Waals surface area contributed by atoms with Crippen LogP contribution in [0.1, 0.15) is 305 Å². The molecule has 0 heterocycles. The number of likely N-dealkylation sites (N-methyl/N-ethyl adjacent to an activating group) is 1. The first-order chi connectivity index (χ1) is 63.1. The Kier molecular flexibility index (Phi) is 100. The van der Waals surface area contributed by atoms with Gasteiger partial charge < -0.3 is 85.0 Å². The predicted molar refractivity (Wildman–Crippen MR) is 520 cm³/mol. The summed E-state index contributed by atoms with van der Waals surface area (Å²) >= 11 is 0. The average Bonchev–Trinajstić information content (AvgIpc) is 0.925. The number of nitrogens with zero attached hydrogens (tertiary/aromatic N) is 4. The molecule has 0 radical (unpaired) electrons. The van der Waals surface area contributed by atoms with E-state index in [2.05, 4.69) is 74.4 Å². The van der Waals surface area contributed by atoms with Crippen molar-refractivity contribution < 1.29 is 122 Å². The quantitative estimate of drug-likeness (QED) is 0.0372. The topological polar surface area (TPSA) is 564 Å². The minimum atomic E-state index is -0.676. The third-order valence-electron chi connectivity index (χ3n) is 20.5. The number of nitrogens with one attached hydrogen (secondary N) is 15. The van der Waals surface area contributed by atoms with Crippen LogP contribution in [0.3, 0.4) is 0 Å². The van der Waals surface area contributed by atoms with Gasteiger partial charge in [-0.2, -0.15) is 0 Å². The molecule has 0 aromatic carbocycles. The molecule has 0 saturated heterocycles. The molecule has 135 heavy (non-hydrogen) atoms. The van der Waals surface area contributed by atoms with E-state index in [0.717, 1.165) is 141 Å². The number of carbonyl (C=O) groups excluding carboxylic acids is 21. The standard InChI is InChI=1S/C32H59N5O6.C28H52N6O6.C21H38N6O6.C11H20N2O3.2CH4.W/c1-4-27(38)18-12-6-5-7-13-19-28(39)24-37(25-31(42)35-22-16-10-8-14-20-29(40)33-2)26-32(43)36-23-17-11-9-15-21-30(41)34-3;1-29-24(36)15-9-5-4-8-14-23(35)20-34(21-27(39)32-18-12-6-10-16-25(37)30-2)22-28(40)33-19-13-7-11-17-26(38)31-3;1-23-18(30)9-5-11-25-20(32)14-27(13-16(28)7-3-4-8-17(22)29)15-21(33)26-12-6-10-19(31)24-2;1-4-9(14)6-13(7-10(15)5-2)8-11(16)12-3;;;/h4-26H2,1-3H3,(H,33,40)(H,34,41)(H,35,42)(H,36,43);4-22H2,1-3H3,(H,29,36)(H,30,37)(H,31,38)(H,32,39)(H,33,40);3-15H2,1-2H3,(H6,22,23,24,25,26,29,30,31,32,33);4-8H2,1-3H3,(H,12,16);2*1H4;/p-1. The summed E-state index contributed by atoms with van der Waals surface area (Å²) in [5.74, 6) is -2.57. The van der Waals surface area contributed by atoms with E-state index in [1.165, 1.54) is 26.0 Å². The monoisotopic (exact) mass is 2090 g/mol. The Morgan fingerprint density at radius 2 is 0.333 bits per heavy atom. The van der Waals surface area contributed by atoms with Gasteiger partial charge in [-0.15, -0.1) is 0 Å². The molecule has 0 aliphatic carbocycles. The summed E-state index contributed by atoms with van der Waals surface area (Å²) in [7, 11) is 12.7. The predicted octanol–water partition coefficient (Wildman–Crippen LogP) is 4.53. The Bertz CT molecular complexity index is 3070. The fourth-order valence-electron chi connectivity index (χ4n) is 12.6. The molecule has 780 valence electrons. The summed E-state index contributed by atoms with van der Waals surface area (Å²) in [6.07, 6.45) is 27.0. The second kappa shape index (κ2) is 97.7. The first kappa shape index (κ1) is 139. The zero-order valence-corrected chi connectivity index (χ0v) is 85.1. The van der Waals surface area contributed by atoms with Gasteiger partial charge in [0.25, 0.3) is 0 Å². The number of hydrogen-bond acceptors (Lipinski definition) is 25. The molecule has 0 atom stereocenters. The number of carbonyl (C=O) groups is 21. The smallest absolute Gasteiger partial charge is 0.234 e. The van der Waals surface area contributed by atoms with E-state index in [1.807, 2.05) is 6.92 Å². The van der Waals surface area contributed by atoms with Gasteiger partial charge in [-0.1, -0.05) is 106 Å². The fraction of sp³-hybridized carbons (Fsp3) is 0.777. The molecule has 0 aromatic rings. The van der Waals surface area contributed by atoms with Crippen molar-refractivity contribution in [3.05, 3.63) is 5.73 Å².